The van der Waals surface area contributed by atoms with Crippen molar-refractivity contribution >= 4 is 11.4 Å². The van der Waals surface area contributed by atoms with Crippen molar-refractivity contribution in [2.45, 2.75) is 0 Å². The van der Waals surface area contributed by atoms with Gasteiger partial charge in [0.25, 0.3) is 11.4 Å². The summed E-state index contributed by atoms with van der Waals surface area (Å²) in [4.78, 5) is 20.2. The summed E-state index contributed by atoms with van der Waals surface area (Å²) in [7, 11) is 0. The first-order valence-corrected chi connectivity index (χ1v) is 6.13. The standard InChI is InChI=1S/C14H10N4O4/c19-17(20)13-4-2-1-3-11(5-8-13)15-16-12-6-9-14(10-7-12)18(21)22/h1-10H/b2-1-,3-1?,4-2?,8-5-,11-3+,11-5?,13-4+,13-8?,16-15?. The van der Waals surface area contributed by atoms with Crippen LogP contribution in [0.1, 0.15) is 0 Å². The maximum Gasteiger partial charge on any atom is 0.269 e. The molecule has 1 aliphatic carbocycles. The minimum absolute atomic E-state index is 0.0345. The van der Waals surface area contributed by atoms with Gasteiger partial charge in [-0.3, -0.25) is 20.2 Å². The van der Waals surface area contributed by atoms with E-state index >= 15 is 0 Å². The van der Waals surface area contributed by atoms with Crippen LogP contribution in [0.15, 0.2) is 82.3 Å². The Morgan fingerprint density at radius 3 is 2.14 bits per heavy atom. The van der Waals surface area contributed by atoms with E-state index < -0.39 is 9.85 Å². The van der Waals surface area contributed by atoms with E-state index in [-0.39, 0.29) is 11.4 Å². The molecule has 8 nitrogen and oxygen atoms in total. The molecule has 0 saturated carbocycles. The van der Waals surface area contributed by atoms with Crippen LogP contribution in [0.4, 0.5) is 11.4 Å². The van der Waals surface area contributed by atoms with E-state index in [1.54, 1.807) is 12.2 Å². The van der Waals surface area contributed by atoms with E-state index in [9.17, 15) is 20.2 Å². The molecule has 2 rings (SSSR count). The molecule has 0 N–H and O–H groups in total. The molecule has 0 bridgehead atoms. The first-order valence-electron chi connectivity index (χ1n) is 6.13. The highest BCUT2D eigenvalue weighted by Gasteiger charge is 2.06. The zero-order valence-electron chi connectivity index (χ0n) is 11.2. The molecule has 1 aromatic rings. The molecular weight excluding hydrogens is 288 g/mol. The first-order chi connectivity index (χ1) is 10.6. The van der Waals surface area contributed by atoms with Crippen LogP contribution in [0, 0.1) is 20.2 Å². The Morgan fingerprint density at radius 2 is 1.50 bits per heavy atom. The van der Waals surface area contributed by atoms with Gasteiger partial charge in [-0.05, 0) is 24.3 Å². The Balaban J connectivity index is 2.14. The Morgan fingerprint density at radius 1 is 0.818 bits per heavy atom. The van der Waals surface area contributed by atoms with Gasteiger partial charge in [0.2, 0.25) is 0 Å². The molecule has 0 saturated heterocycles. The number of nitro benzene ring substituents is 1. The lowest BCUT2D eigenvalue weighted by molar-refractivity contribution is -0.419. The predicted molar refractivity (Wildman–Crippen MR) is 79.1 cm³/mol. The average molecular weight is 298 g/mol. The topological polar surface area (TPSA) is 111 Å². The summed E-state index contributed by atoms with van der Waals surface area (Å²) >= 11 is 0. The highest BCUT2D eigenvalue weighted by atomic mass is 16.6. The second-order valence-electron chi connectivity index (χ2n) is 4.13. The van der Waals surface area contributed by atoms with Gasteiger partial charge in [0.1, 0.15) is 0 Å². The third-order valence-electron chi connectivity index (χ3n) is 2.62. The van der Waals surface area contributed by atoms with Gasteiger partial charge >= 0.3 is 0 Å². The fraction of sp³-hybridized carbons (Fsp3) is 0. The lowest BCUT2D eigenvalue weighted by Crippen LogP contribution is -1.95. The van der Waals surface area contributed by atoms with Gasteiger partial charge in [-0.15, -0.1) is 0 Å². The fourth-order valence-electron chi connectivity index (χ4n) is 1.54. The van der Waals surface area contributed by atoms with E-state index in [0.717, 1.165) is 0 Å². The van der Waals surface area contributed by atoms with Crippen molar-refractivity contribution < 1.29 is 9.85 Å². The molecule has 1 aromatic carbocycles. The summed E-state index contributed by atoms with van der Waals surface area (Å²) in [5.41, 5.74) is 0.762. The summed E-state index contributed by atoms with van der Waals surface area (Å²) in [6.45, 7) is 0. The minimum Gasteiger partial charge on any atom is -0.258 e. The van der Waals surface area contributed by atoms with E-state index in [1.165, 1.54) is 48.6 Å². The molecule has 22 heavy (non-hydrogen) atoms. The summed E-state index contributed by atoms with van der Waals surface area (Å²) in [5, 5.41) is 29.1. The Hall–Kier alpha value is -3.42. The van der Waals surface area contributed by atoms with Crippen LogP contribution in [-0.4, -0.2) is 9.85 Å². The van der Waals surface area contributed by atoms with E-state index in [1.807, 2.05) is 0 Å². The normalized spacial score (nSPS) is 21.8. The smallest absolute Gasteiger partial charge is 0.258 e. The molecule has 0 fully saturated rings. The molecule has 8 heteroatoms. The molecule has 1 aliphatic rings. The van der Waals surface area contributed by atoms with Crippen molar-refractivity contribution in [3.05, 3.63) is 92.3 Å². The van der Waals surface area contributed by atoms with Crippen LogP contribution in [0.5, 0.6) is 0 Å². The van der Waals surface area contributed by atoms with Gasteiger partial charge in [0, 0.05) is 24.3 Å². The third-order valence-corrected chi connectivity index (χ3v) is 2.62. The van der Waals surface area contributed by atoms with Gasteiger partial charge in [0.15, 0.2) is 0 Å². The summed E-state index contributed by atoms with van der Waals surface area (Å²) in [6, 6.07) is 5.58. The maximum absolute atomic E-state index is 10.7. The highest BCUT2D eigenvalue weighted by molar-refractivity contribution is 5.44. The number of azo groups is 1. The summed E-state index contributed by atoms with van der Waals surface area (Å²) in [5.74, 6) is 0. The highest BCUT2D eigenvalue weighted by Crippen LogP contribution is 2.19. The quantitative estimate of drug-likeness (QED) is 0.477. The minimum atomic E-state index is -0.503. The second kappa shape index (κ2) is 6.84. The molecule has 110 valence electrons. The second-order valence-corrected chi connectivity index (χ2v) is 4.13. The lowest BCUT2D eigenvalue weighted by atomic mass is 10.2. The third kappa shape index (κ3) is 4.04. The van der Waals surface area contributed by atoms with E-state index in [4.69, 9.17) is 0 Å². The number of nitro groups is 2. The van der Waals surface area contributed by atoms with Crippen LogP contribution in [0.2, 0.25) is 0 Å². The van der Waals surface area contributed by atoms with Crippen molar-refractivity contribution in [2.24, 2.45) is 10.2 Å². The van der Waals surface area contributed by atoms with Crippen LogP contribution in [-0.2, 0) is 0 Å². The molecule has 0 heterocycles. The lowest BCUT2D eigenvalue weighted by Gasteiger charge is -1.96. The van der Waals surface area contributed by atoms with E-state index in [2.05, 4.69) is 10.2 Å². The average Bonchev–Trinajstić information content (AvgIpc) is 2.46. The monoisotopic (exact) mass is 298 g/mol. The Kier molecular flexibility index (Phi) is 4.66. The number of hydrogen-bond donors (Lipinski definition) is 0. The van der Waals surface area contributed by atoms with Gasteiger partial charge in [-0.2, -0.15) is 10.2 Å². The van der Waals surface area contributed by atoms with Crippen LogP contribution >= 0.6 is 0 Å². The van der Waals surface area contributed by atoms with E-state index in [0.29, 0.717) is 11.4 Å². The maximum atomic E-state index is 10.7. The van der Waals surface area contributed by atoms with Crippen molar-refractivity contribution in [1.82, 2.24) is 0 Å². The largest absolute Gasteiger partial charge is 0.269 e. The number of benzene rings is 1. The Bertz CT molecular complexity index is 743. The number of allylic oxidation sites excluding steroid dienone is 6. The molecule has 0 spiro atoms. The van der Waals surface area contributed by atoms with Crippen LogP contribution in [0.3, 0.4) is 0 Å². The number of nitrogens with zero attached hydrogens (tertiary/aromatic N) is 4. The van der Waals surface area contributed by atoms with Gasteiger partial charge in [0.05, 0.1) is 21.2 Å². The van der Waals surface area contributed by atoms with Crippen molar-refractivity contribution in [2.75, 3.05) is 0 Å². The fourth-order valence-corrected chi connectivity index (χ4v) is 1.54. The van der Waals surface area contributed by atoms with Gasteiger partial charge < -0.3 is 0 Å². The zero-order chi connectivity index (χ0) is 15.9. The summed E-state index contributed by atoms with van der Waals surface area (Å²) in [6.07, 6.45) is 8.94. The molecule has 0 radical (unpaired) electrons. The summed E-state index contributed by atoms with van der Waals surface area (Å²) < 4.78 is 0. The van der Waals surface area contributed by atoms with Gasteiger partial charge in [-0.1, -0.05) is 12.2 Å². The molecule has 0 aromatic heterocycles. The van der Waals surface area contributed by atoms with Crippen LogP contribution in [0.25, 0.3) is 0 Å². The molecule has 0 aliphatic heterocycles. The van der Waals surface area contributed by atoms with Crippen molar-refractivity contribution in [3.63, 3.8) is 0 Å². The van der Waals surface area contributed by atoms with Gasteiger partial charge in [-0.25, -0.2) is 0 Å². The molecule has 0 atom stereocenters. The molecule has 0 unspecified atom stereocenters. The Labute approximate surface area is 124 Å². The van der Waals surface area contributed by atoms with Crippen molar-refractivity contribution in [3.8, 4) is 0 Å². The molecular formula is C14H10N4O4. The van der Waals surface area contributed by atoms with Crippen molar-refractivity contribution in [1.29, 1.82) is 0 Å². The first kappa shape index (κ1) is 15.0. The zero-order valence-corrected chi connectivity index (χ0v) is 11.2. The SMILES string of the molecule is O=[N+]([O-])C1=C/C=C\C=C(N=Nc2ccc([N+](=O)[O-])cc2)/C=C\1. The number of non-ortho nitro benzene ring substituents is 1. The number of hydrogen-bond acceptors (Lipinski definition) is 6. The number of rotatable bonds is 4. The predicted octanol–water partition coefficient (Wildman–Crippen LogP) is 3.85. The molecule has 0 amide bonds. The van der Waals surface area contributed by atoms with Crippen LogP contribution < -0.4 is 0 Å².